The van der Waals surface area contributed by atoms with E-state index < -0.39 is 0 Å². The van der Waals surface area contributed by atoms with E-state index >= 15 is 0 Å². The van der Waals surface area contributed by atoms with E-state index in [1.165, 1.54) is 36.3 Å². The van der Waals surface area contributed by atoms with Gasteiger partial charge in [-0.05, 0) is 56.0 Å². The van der Waals surface area contributed by atoms with Crippen LogP contribution in [0, 0.1) is 11.7 Å². The molecule has 1 N–H and O–H groups in total. The maximum Gasteiger partial charge on any atom is 0.270 e. The fourth-order valence-corrected chi connectivity index (χ4v) is 4.04. The van der Waals surface area contributed by atoms with Gasteiger partial charge < -0.3 is 10.2 Å². The summed E-state index contributed by atoms with van der Waals surface area (Å²) in [5.41, 5.74) is 1.27. The average Bonchev–Trinajstić information content (AvgIpc) is 3.13. The molecule has 1 aromatic heterocycles. The van der Waals surface area contributed by atoms with E-state index in [4.69, 9.17) is 0 Å². The Labute approximate surface area is 144 Å². The van der Waals surface area contributed by atoms with Crippen LogP contribution in [0.25, 0.3) is 10.6 Å². The van der Waals surface area contributed by atoms with Crippen LogP contribution in [0.4, 0.5) is 4.39 Å². The zero-order valence-corrected chi connectivity index (χ0v) is 14.2. The Hall–Kier alpha value is -1.79. The molecule has 0 radical (unpaired) electrons. The summed E-state index contributed by atoms with van der Waals surface area (Å²) in [5.74, 6) is 0.152. The number of thiazole rings is 1. The molecule has 1 atom stereocenters. The van der Waals surface area contributed by atoms with Gasteiger partial charge in [-0.3, -0.25) is 4.79 Å². The number of nitrogens with zero attached hydrogens (tertiary/aromatic N) is 2. The maximum absolute atomic E-state index is 13.0. The van der Waals surface area contributed by atoms with Crippen LogP contribution in [0.3, 0.4) is 0 Å². The van der Waals surface area contributed by atoms with Crippen molar-refractivity contribution in [2.24, 2.45) is 5.92 Å². The van der Waals surface area contributed by atoms with Crippen LogP contribution >= 0.6 is 11.3 Å². The molecule has 0 spiro atoms. The molecule has 0 bridgehead atoms. The first-order valence-corrected chi connectivity index (χ1v) is 9.31. The molecule has 4 nitrogen and oxygen atoms in total. The maximum atomic E-state index is 13.0. The predicted molar refractivity (Wildman–Crippen MR) is 92.5 cm³/mol. The first-order chi connectivity index (χ1) is 11.7. The lowest BCUT2D eigenvalue weighted by Crippen LogP contribution is -2.31. The summed E-state index contributed by atoms with van der Waals surface area (Å²) in [6.45, 7) is 2.98. The highest BCUT2D eigenvalue weighted by molar-refractivity contribution is 7.13. The molecule has 1 saturated heterocycles. The van der Waals surface area contributed by atoms with E-state index in [2.05, 4.69) is 15.2 Å². The number of benzene rings is 1. The second kappa shape index (κ2) is 6.61. The van der Waals surface area contributed by atoms with Gasteiger partial charge in [0.15, 0.2) is 0 Å². The largest absolute Gasteiger partial charge is 0.350 e. The normalized spacial score (nSPS) is 21.1. The first kappa shape index (κ1) is 15.7. The van der Waals surface area contributed by atoms with E-state index in [1.807, 2.05) is 0 Å². The van der Waals surface area contributed by atoms with Crippen molar-refractivity contribution in [3.05, 3.63) is 41.2 Å². The topological polar surface area (TPSA) is 45.2 Å². The van der Waals surface area contributed by atoms with Crippen LogP contribution in [0.2, 0.25) is 0 Å². The van der Waals surface area contributed by atoms with Gasteiger partial charge in [0, 0.05) is 30.1 Å². The SMILES string of the molecule is O=C(NCC1CCN(C2CC2)C1)c1csc(-c2ccc(F)cc2)n1. The second-order valence-electron chi connectivity index (χ2n) is 6.64. The summed E-state index contributed by atoms with van der Waals surface area (Å²) < 4.78 is 13.0. The Morgan fingerprint density at radius 2 is 2.08 bits per heavy atom. The summed E-state index contributed by atoms with van der Waals surface area (Å²) >= 11 is 1.40. The number of carbonyl (C=O) groups is 1. The van der Waals surface area contributed by atoms with Crippen molar-refractivity contribution in [3.63, 3.8) is 0 Å². The fraction of sp³-hybridized carbons (Fsp3) is 0.444. The molecule has 1 aliphatic heterocycles. The molecular weight excluding hydrogens is 325 g/mol. The van der Waals surface area contributed by atoms with Gasteiger partial charge in [0.05, 0.1) is 0 Å². The van der Waals surface area contributed by atoms with Gasteiger partial charge in [-0.2, -0.15) is 0 Å². The third-order valence-corrected chi connectivity index (χ3v) is 5.65. The molecule has 1 unspecified atom stereocenters. The van der Waals surface area contributed by atoms with Crippen molar-refractivity contribution in [3.8, 4) is 10.6 Å². The Bertz CT molecular complexity index is 726. The lowest BCUT2D eigenvalue weighted by atomic mass is 10.1. The molecule has 6 heteroatoms. The van der Waals surface area contributed by atoms with Gasteiger partial charge in [0.25, 0.3) is 5.91 Å². The monoisotopic (exact) mass is 345 g/mol. The van der Waals surface area contributed by atoms with Crippen molar-refractivity contribution in [1.82, 2.24) is 15.2 Å². The number of nitrogens with one attached hydrogen (secondary N) is 1. The summed E-state index contributed by atoms with van der Waals surface area (Å²) in [6.07, 6.45) is 3.84. The van der Waals surface area contributed by atoms with Crippen molar-refractivity contribution in [1.29, 1.82) is 0 Å². The summed E-state index contributed by atoms with van der Waals surface area (Å²) in [7, 11) is 0. The number of amides is 1. The van der Waals surface area contributed by atoms with Crippen LogP contribution in [-0.4, -0.2) is 41.5 Å². The molecule has 4 rings (SSSR count). The third kappa shape index (κ3) is 3.49. The summed E-state index contributed by atoms with van der Waals surface area (Å²) in [5, 5.41) is 5.51. The molecule has 2 fully saturated rings. The molecule has 24 heavy (non-hydrogen) atoms. The minimum Gasteiger partial charge on any atom is -0.350 e. The van der Waals surface area contributed by atoms with E-state index in [1.54, 1.807) is 17.5 Å². The van der Waals surface area contributed by atoms with E-state index in [0.29, 0.717) is 18.2 Å². The van der Waals surface area contributed by atoms with Crippen molar-refractivity contribution in [2.75, 3.05) is 19.6 Å². The molecule has 2 aliphatic rings. The predicted octanol–water partition coefficient (Wildman–Crippen LogP) is 3.16. The third-order valence-electron chi connectivity index (χ3n) is 4.76. The second-order valence-corrected chi connectivity index (χ2v) is 7.49. The fourth-order valence-electron chi connectivity index (χ4n) is 3.23. The molecule has 1 amide bonds. The number of rotatable bonds is 5. The molecule has 2 heterocycles. The van der Waals surface area contributed by atoms with Crippen molar-refractivity contribution < 1.29 is 9.18 Å². The number of aromatic nitrogens is 1. The Kier molecular flexibility index (Phi) is 4.33. The Morgan fingerprint density at radius 3 is 2.83 bits per heavy atom. The zero-order valence-electron chi connectivity index (χ0n) is 13.4. The highest BCUT2D eigenvalue weighted by atomic mass is 32.1. The molecular formula is C18H20FN3OS. The average molecular weight is 345 g/mol. The van der Waals surface area contributed by atoms with Crippen molar-refractivity contribution in [2.45, 2.75) is 25.3 Å². The van der Waals surface area contributed by atoms with Gasteiger partial charge in [0.2, 0.25) is 0 Å². The Morgan fingerprint density at radius 1 is 1.29 bits per heavy atom. The van der Waals surface area contributed by atoms with Crippen LogP contribution < -0.4 is 5.32 Å². The van der Waals surface area contributed by atoms with E-state index in [9.17, 15) is 9.18 Å². The summed E-state index contributed by atoms with van der Waals surface area (Å²) in [4.78, 5) is 19.2. The number of hydrogen-bond donors (Lipinski definition) is 1. The molecule has 1 saturated carbocycles. The Balaban J connectivity index is 1.32. The quantitative estimate of drug-likeness (QED) is 0.905. The molecule has 1 aliphatic carbocycles. The molecule has 1 aromatic carbocycles. The van der Waals surface area contributed by atoms with Crippen molar-refractivity contribution >= 4 is 17.2 Å². The number of carbonyl (C=O) groups excluding carboxylic acids is 1. The van der Waals surface area contributed by atoms with Crippen LogP contribution in [0.15, 0.2) is 29.6 Å². The lowest BCUT2D eigenvalue weighted by molar-refractivity contribution is 0.0943. The highest BCUT2D eigenvalue weighted by Crippen LogP contribution is 2.31. The standard InChI is InChI=1S/C18H20FN3OS/c19-14-3-1-13(2-4-14)18-21-16(11-24-18)17(23)20-9-12-7-8-22(10-12)15-5-6-15/h1-4,11-12,15H,5-10H2,(H,20,23). The van der Waals surface area contributed by atoms with E-state index in [-0.39, 0.29) is 11.7 Å². The summed E-state index contributed by atoms with van der Waals surface area (Å²) in [6, 6.07) is 6.98. The van der Waals surface area contributed by atoms with Gasteiger partial charge in [0.1, 0.15) is 16.5 Å². The van der Waals surface area contributed by atoms with Gasteiger partial charge >= 0.3 is 0 Å². The minimum atomic E-state index is -0.273. The smallest absolute Gasteiger partial charge is 0.270 e. The van der Waals surface area contributed by atoms with Crippen LogP contribution in [-0.2, 0) is 0 Å². The number of halogens is 1. The lowest BCUT2D eigenvalue weighted by Gasteiger charge is -2.14. The van der Waals surface area contributed by atoms with E-state index in [0.717, 1.165) is 36.1 Å². The molecule has 2 aromatic rings. The minimum absolute atomic E-state index is 0.121. The van der Waals surface area contributed by atoms with Gasteiger partial charge in [-0.1, -0.05) is 0 Å². The first-order valence-electron chi connectivity index (χ1n) is 8.43. The zero-order chi connectivity index (χ0) is 16.5. The van der Waals surface area contributed by atoms with Gasteiger partial charge in [-0.15, -0.1) is 11.3 Å². The highest BCUT2D eigenvalue weighted by Gasteiger charge is 2.34. The number of hydrogen-bond acceptors (Lipinski definition) is 4. The number of likely N-dealkylation sites (tertiary alicyclic amines) is 1. The van der Waals surface area contributed by atoms with Gasteiger partial charge in [-0.25, -0.2) is 9.37 Å². The molecule has 126 valence electrons. The van der Waals surface area contributed by atoms with Crippen LogP contribution in [0.5, 0.6) is 0 Å². The van der Waals surface area contributed by atoms with Crippen LogP contribution in [0.1, 0.15) is 29.8 Å².